The highest BCUT2D eigenvalue weighted by molar-refractivity contribution is 6.32. The number of nitrogens with one attached hydrogen (secondary N) is 1. The number of nitriles is 1. The summed E-state index contributed by atoms with van der Waals surface area (Å²) in [6.07, 6.45) is 3.06. The first-order chi connectivity index (χ1) is 24.2. The Hall–Kier alpha value is -4.70. The number of morpholine rings is 1. The van der Waals surface area contributed by atoms with E-state index in [4.69, 9.17) is 30.5 Å². The zero-order valence-corrected chi connectivity index (χ0v) is 28.9. The molecule has 0 aliphatic carbocycles. The molecule has 0 saturated carbocycles. The maximum atomic E-state index is 11.8. The van der Waals surface area contributed by atoms with Crippen LogP contribution >= 0.6 is 11.6 Å². The molecular formula is C38H41ClN4O7. The number of aromatic nitrogens is 1. The smallest absolute Gasteiger partial charge is 0.326 e. The number of carboxylic acids is 1. The van der Waals surface area contributed by atoms with E-state index in [1.54, 1.807) is 24.4 Å². The van der Waals surface area contributed by atoms with Gasteiger partial charge in [-0.15, -0.1) is 0 Å². The van der Waals surface area contributed by atoms with E-state index in [-0.39, 0.29) is 19.8 Å². The maximum absolute atomic E-state index is 11.8. The van der Waals surface area contributed by atoms with Gasteiger partial charge in [-0.25, -0.2) is 0 Å². The van der Waals surface area contributed by atoms with Gasteiger partial charge in [0.25, 0.3) is 0 Å². The SMILES string of the molecule is Cc1c(COc2cc(OCc3cncc(C#N)c3)c(CN[C@@](C)(CO)C(=O)O)cc2Cl)cccc1-c1cccc(OCCN2CCOCC2)c1. The van der Waals surface area contributed by atoms with Crippen molar-refractivity contribution in [3.05, 3.63) is 106 Å². The van der Waals surface area contributed by atoms with E-state index >= 15 is 0 Å². The summed E-state index contributed by atoms with van der Waals surface area (Å²) in [7, 11) is 0. The molecule has 1 aromatic heterocycles. The first-order valence-electron chi connectivity index (χ1n) is 16.3. The lowest BCUT2D eigenvalue weighted by Crippen LogP contribution is -2.52. The molecular weight excluding hydrogens is 660 g/mol. The van der Waals surface area contributed by atoms with Gasteiger partial charge in [-0.05, 0) is 60.4 Å². The first-order valence-corrected chi connectivity index (χ1v) is 16.7. The van der Waals surface area contributed by atoms with Crippen LogP contribution in [-0.2, 0) is 29.3 Å². The van der Waals surface area contributed by atoms with Crippen LogP contribution in [0.4, 0.5) is 0 Å². The van der Waals surface area contributed by atoms with Gasteiger partial charge in [-0.2, -0.15) is 5.26 Å². The molecule has 12 heteroatoms. The Labute approximate surface area is 297 Å². The number of rotatable bonds is 16. The summed E-state index contributed by atoms with van der Waals surface area (Å²) in [6.45, 7) is 7.97. The molecule has 1 saturated heterocycles. The molecule has 3 aromatic carbocycles. The highest BCUT2D eigenvalue weighted by atomic mass is 35.5. The number of ether oxygens (including phenoxy) is 4. The first kappa shape index (κ1) is 36.6. The van der Waals surface area contributed by atoms with Crippen LogP contribution in [0.5, 0.6) is 17.2 Å². The fourth-order valence-corrected chi connectivity index (χ4v) is 5.66. The van der Waals surface area contributed by atoms with Crippen molar-refractivity contribution < 1.29 is 34.0 Å². The molecule has 2 heterocycles. The van der Waals surface area contributed by atoms with E-state index < -0.39 is 18.1 Å². The van der Waals surface area contributed by atoms with E-state index in [0.29, 0.717) is 39.8 Å². The molecule has 0 radical (unpaired) electrons. The minimum atomic E-state index is -1.58. The number of aliphatic hydroxyl groups is 1. The highest BCUT2D eigenvalue weighted by Crippen LogP contribution is 2.35. The predicted molar refractivity (Wildman–Crippen MR) is 188 cm³/mol. The number of halogens is 1. The molecule has 0 unspecified atom stereocenters. The average Bonchev–Trinajstić information content (AvgIpc) is 3.14. The third kappa shape index (κ3) is 9.50. The van der Waals surface area contributed by atoms with Crippen LogP contribution in [0, 0.1) is 18.3 Å². The zero-order chi connectivity index (χ0) is 35.5. The van der Waals surface area contributed by atoms with Crippen LogP contribution < -0.4 is 19.5 Å². The maximum Gasteiger partial charge on any atom is 0.326 e. The monoisotopic (exact) mass is 700 g/mol. The van der Waals surface area contributed by atoms with Crippen molar-refractivity contribution >= 4 is 17.6 Å². The average molecular weight is 701 g/mol. The highest BCUT2D eigenvalue weighted by Gasteiger charge is 2.32. The predicted octanol–water partition coefficient (Wildman–Crippen LogP) is 5.38. The Morgan fingerprint density at radius 2 is 1.82 bits per heavy atom. The van der Waals surface area contributed by atoms with Gasteiger partial charge in [-0.3, -0.25) is 20.0 Å². The molecule has 5 rings (SSSR count). The number of hydrogen-bond acceptors (Lipinski definition) is 10. The number of carbonyl (C=O) groups is 1. The van der Waals surface area contributed by atoms with Gasteiger partial charge < -0.3 is 29.2 Å². The zero-order valence-electron chi connectivity index (χ0n) is 28.2. The summed E-state index contributed by atoms with van der Waals surface area (Å²) in [4.78, 5) is 18.2. The molecule has 0 bridgehead atoms. The Morgan fingerprint density at radius 1 is 1.04 bits per heavy atom. The molecule has 0 amide bonds. The van der Waals surface area contributed by atoms with Crippen LogP contribution in [0.15, 0.2) is 73.1 Å². The minimum Gasteiger partial charge on any atom is -0.492 e. The third-order valence-electron chi connectivity index (χ3n) is 8.64. The number of pyridine rings is 1. The molecule has 0 spiro atoms. The van der Waals surface area contributed by atoms with Gasteiger partial charge in [0.2, 0.25) is 0 Å². The van der Waals surface area contributed by atoms with Crippen molar-refractivity contribution in [2.24, 2.45) is 0 Å². The number of benzene rings is 3. The van der Waals surface area contributed by atoms with E-state index in [1.807, 2.05) is 30.3 Å². The second-order valence-corrected chi connectivity index (χ2v) is 12.6. The van der Waals surface area contributed by atoms with Crippen molar-refractivity contribution in [2.45, 2.75) is 39.1 Å². The van der Waals surface area contributed by atoms with Gasteiger partial charge in [0, 0.05) is 55.8 Å². The van der Waals surface area contributed by atoms with Crippen molar-refractivity contribution in [1.82, 2.24) is 15.2 Å². The summed E-state index contributed by atoms with van der Waals surface area (Å²) in [5.41, 5.74) is 4.14. The molecule has 11 nitrogen and oxygen atoms in total. The molecule has 4 aromatic rings. The molecule has 1 fully saturated rings. The lowest BCUT2D eigenvalue weighted by atomic mass is 9.96. The summed E-state index contributed by atoms with van der Waals surface area (Å²) < 4.78 is 23.9. The molecule has 262 valence electrons. The normalized spacial score (nSPS) is 14.4. The van der Waals surface area contributed by atoms with Crippen LogP contribution in [0.1, 0.15) is 34.7 Å². The molecule has 1 aliphatic rings. The Morgan fingerprint density at radius 3 is 2.58 bits per heavy atom. The third-order valence-corrected chi connectivity index (χ3v) is 8.94. The Bertz CT molecular complexity index is 1830. The van der Waals surface area contributed by atoms with Crippen molar-refractivity contribution in [3.63, 3.8) is 0 Å². The van der Waals surface area contributed by atoms with Crippen molar-refractivity contribution in [2.75, 3.05) is 46.1 Å². The Kier molecular flexibility index (Phi) is 12.7. The number of hydrogen-bond donors (Lipinski definition) is 3. The Balaban J connectivity index is 1.32. The van der Waals surface area contributed by atoms with Gasteiger partial charge in [0.15, 0.2) is 0 Å². The van der Waals surface area contributed by atoms with Gasteiger partial charge >= 0.3 is 5.97 Å². The number of carboxylic acid groups (broad SMARTS) is 1. The second kappa shape index (κ2) is 17.3. The van der Waals surface area contributed by atoms with Gasteiger partial charge in [0.1, 0.15) is 48.7 Å². The topological polar surface area (TPSA) is 146 Å². The molecule has 1 aliphatic heterocycles. The van der Waals surface area contributed by atoms with E-state index in [9.17, 15) is 20.3 Å². The van der Waals surface area contributed by atoms with Crippen LogP contribution in [0.3, 0.4) is 0 Å². The lowest BCUT2D eigenvalue weighted by Gasteiger charge is -2.26. The van der Waals surface area contributed by atoms with Crippen molar-refractivity contribution in [3.8, 4) is 34.4 Å². The van der Waals surface area contributed by atoms with E-state index in [1.165, 1.54) is 13.1 Å². The minimum absolute atomic E-state index is 0.0341. The van der Waals surface area contributed by atoms with E-state index in [0.717, 1.165) is 60.9 Å². The number of aliphatic hydroxyl groups excluding tert-OH is 1. The molecule has 1 atom stereocenters. The summed E-state index contributed by atoms with van der Waals surface area (Å²) >= 11 is 6.70. The molecule has 50 heavy (non-hydrogen) atoms. The van der Waals surface area contributed by atoms with E-state index in [2.05, 4.69) is 40.3 Å². The second-order valence-electron chi connectivity index (χ2n) is 12.2. The quantitative estimate of drug-likeness (QED) is 0.139. The molecule has 3 N–H and O–H groups in total. The fourth-order valence-electron chi connectivity index (χ4n) is 5.42. The fraction of sp³-hybridized carbons (Fsp3) is 0.342. The largest absolute Gasteiger partial charge is 0.492 e. The van der Waals surface area contributed by atoms with Crippen LogP contribution in [0.25, 0.3) is 11.1 Å². The lowest BCUT2D eigenvalue weighted by molar-refractivity contribution is -0.145. The standard InChI is InChI=1S/C38H41ClN4O7/c1-26-30(6-4-8-33(26)29-5-3-7-32(16-29)48-14-11-43-9-12-47-13-10-43)24-50-36-18-35(49-23-28-15-27(19-40)20-41-21-28)31(17-34(36)39)22-42-38(2,25-44)37(45)46/h3-8,15-18,20-21,42,44H,9-14,22-25H2,1-2H3,(H,45,46)/t38-/m0/s1. The van der Waals surface area contributed by atoms with Gasteiger partial charge in [0.05, 0.1) is 30.4 Å². The number of aliphatic carboxylic acids is 1. The number of nitrogens with zero attached hydrogens (tertiary/aromatic N) is 3. The summed E-state index contributed by atoms with van der Waals surface area (Å²) in [6, 6.07) is 21.2. The van der Waals surface area contributed by atoms with Crippen LogP contribution in [-0.4, -0.2) is 77.7 Å². The van der Waals surface area contributed by atoms with Gasteiger partial charge in [-0.1, -0.05) is 41.9 Å². The van der Waals surface area contributed by atoms with Crippen LogP contribution in [0.2, 0.25) is 5.02 Å². The summed E-state index contributed by atoms with van der Waals surface area (Å²) in [5.74, 6) is 0.371. The van der Waals surface area contributed by atoms with Crippen molar-refractivity contribution in [1.29, 1.82) is 5.26 Å². The summed E-state index contributed by atoms with van der Waals surface area (Å²) in [5, 5.41) is 31.8.